The number of hydrogen-bond acceptors (Lipinski definition) is 5. The van der Waals surface area contributed by atoms with Gasteiger partial charge in [-0.05, 0) is 61.0 Å². The van der Waals surface area contributed by atoms with E-state index in [0.29, 0.717) is 11.3 Å². The highest BCUT2D eigenvalue weighted by atomic mass is 32.2. The second-order valence-electron chi connectivity index (χ2n) is 6.13. The Bertz CT molecular complexity index is 974. The molecule has 1 N–H and O–H groups in total. The van der Waals surface area contributed by atoms with Gasteiger partial charge in [-0.2, -0.15) is 5.10 Å². The summed E-state index contributed by atoms with van der Waals surface area (Å²) in [7, 11) is 0. The van der Waals surface area contributed by atoms with E-state index in [9.17, 15) is 9.59 Å². The summed E-state index contributed by atoms with van der Waals surface area (Å²) in [5, 5.41) is 3.73. The van der Waals surface area contributed by atoms with Gasteiger partial charge in [0, 0.05) is 4.90 Å². The average molecular weight is 404 g/mol. The molecule has 0 unspecified atom stereocenters. The lowest BCUT2D eigenvalue weighted by Gasteiger charge is -2.09. The SMILES string of the molecule is C[C@@H](Sc1ccccc1)C(=O)N/N=C\c1ccc(OC(=O)c2ccccc2)cc1. The van der Waals surface area contributed by atoms with Crippen LogP contribution in [0.4, 0.5) is 0 Å². The molecule has 0 saturated heterocycles. The normalized spacial score (nSPS) is 11.8. The van der Waals surface area contributed by atoms with Crippen molar-refractivity contribution in [2.45, 2.75) is 17.1 Å². The van der Waals surface area contributed by atoms with E-state index < -0.39 is 5.97 Å². The Morgan fingerprint density at radius 1 is 0.931 bits per heavy atom. The molecule has 0 spiro atoms. The standard InChI is InChI=1S/C23H20N2O3S/c1-17(29-21-10-6-3-7-11-21)22(26)25-24-16-18-12-14-20(15-13-18)28-23(27)19-8-4-2-5-9-19/h2-17H,1H3,(H,25,26)/b24-16-/t17-/m1/s1. The number of carbonyl (C=O) groups is 2. The summed E-state index contributed by atoms with van der Waals surface area (Å²) in [6.07, 6.45) is 1.54. The van der Waals surface area contributed by atoms with Crippen LogP contribution >= 0.6 is 11.8 Å². The summed E-state index contributed by atoms with van der Waals surface area (Å²) in [6.45, 7) is 1.83. The highest BCUT2D eigenvalue weighted by molar-refractivity contribution is 8.00. The topological polar surface area (TPSA) is 67.8 Å². The molecule has 6 heteroatoms. The first kappa shape index (κ1) is 20.4. The van der Waals surface area contributed by atoms with E-state index >= 15 is 0 Å². The molecular formula is C23H20N2O3S. The molecule has 0 radical (unpaired) electrons. The number of nitrogens with one attached hydrogen (secondary N) is 1. The van der Waals surface area contributed by atoms with Gasteiger partial charge in [-0.3, -0.25) is 4.79 Å². The van der Waals surface area contributed by atoms with Crippen molar-refractivity contribution in [3.05, 3.63) is 96.1 Å². The molecule has 0 bridgehead atoms. The maximum Gasteiger partial charge on any atom is 0.343 e. The van der Waals surface area contributed by atoms with Gasteiger partial charge in [0.15, 0.2) is 0 Å². The number of thioether (sulfide) groups is 1. The monoisotopic (exact) mass is 404 g/mol. The van der Waals surface area contributed by atoms with Gasteiger partial charge in [0.2, 0.25) is 0 Å². The second kappa shape index (κ2) is 10.2. The van der Waals surface area contributed by atoms with Crippen LogP contribution in [0.25, 0.3) is 0 Å². The number of hydrogen-bond donors (Lipinski definition) is 1. The summed E-state index contributed by atoms with van der Waals surface area (Å²) in [5.74, 6) is -0.152. The molecule has 3 aromatic carbocycles. The van der Waals surface area contributed by atoms with Crippen LogP contribution in [0.1, 0.15) is 22.8 Å². The van der Waals surface area contributed by atoms with Crippen molar-refractivity contribution in [1.82, 2.24) is 5.43 Å². The molecule has 29 heavy (non-hydrogen) atoms. The maximum absolute atomic E-state index is 12.1. The number of rotatable bonds is 7. The summed E-state index contributed by atoms with van der Waals surface area (Å²) < 4.78 is 5.33. The van der Waals surface area contributed by atoms with Crippen LogP contribution in [0.15, 0.2) is 94.9 Å². The lowest BCUT2D eigenvalue weighted by Crippen LogP contribution is -2.26. The van der Waals surface area contributed by atoms with Gasteiger partial charge in [-0.25, -0.2) is 10.2 Å². The van der Waals surface area contributed by atoms with Crippen LogP contribution in [0.5, 0.6) is 5.75 Å². The zero-order chi connectivity index (χ0) is 20.5. The highest BCUT2D eigenvalue weighted by Gasteiger charge is 2.13. The highest BCUT2D eigenvalue weighted by Crippen LogP contribution is 2.22. The smallest absolute Gasteiger partial charge is 0.343 e. The number of esters is 1. The number of ether oxygens (including phenoxy) is 1. The average Bonchev–Trinajstić information content (AvgIpc) is 2.76. The molecule has 1 amide bonds. The minimum Gasteiger partial charge on any atom is -0.423 e. The van der Waals surface area contributed by atoms with Crippen LogP contribution in [-0.4, -0.2) is 23.3 Å². The summed E-state index contributed by atoms with van der Waals surface area (Å²) in [6, 6.07) is 25.4. The molecule has 3 aromatic rings. The molecular weight excluding hydrogens is 384 g/mol. The molecule has 5 nitrogen and oxygen atoms in total. The Morgan fingerprint density at radius 3 is 2.21 bits per heavy atom. The fraction of sp³-hybridized carbons (Fsp3) is 0.0870. The van der Waals surface area contributed by atoms with Crippen molar-refractivity contribution in [3.63, 3.8) is 0 Å². The third-order valence-electron chi connectivity index (χ3n) is 3.91. The van der Waals surface area contributed by atoms with Crippen molar-refractivity contribution >= 4 is 29.9 Å². The Kier molecular flexibility index (Phi) is 7.19. The van der Waals surface area contributed by atoms with Crippen LogP contribution in [0, 0.1) is 0 Å². The third-order valence-corrected chi connectivity index (χ3v) is 5.03. The van der Waals surface area contributed by atoms with Crippen LogP contribution < -0.4 is 10.2 Å². The summed E-state index contributed by atoms with van der Waals surface area (Å²) in [5.41, 5.74) is 3.80. The molecule has 0 fully saturated rings. The summed E-state index contributed by atoms with van der Waals surface area (Å²) in [4.78, 5) is 25.2. The van der Waals surface area contributed by atoms with Crippen molar-refractivity contribution in [3.8, 4) is 5.75 Å². The molecule has 0 heterocycles. The van der Waals surface area contributed by atoms with Crippen molar-refractivity contribution in [2.24, 2.45) is 5.10 Å². The Balaban J connectivity index is 1.49. The maximum atomic E-state index is 12.1. The summed E-state index contributed by atoms with van der Waals surface area (Å²) >= 11 is 1.47. The van der Waals surface area contributed by atoms with E-state index in [2.05, 4.69) is 10.5 Å². The number of hydrazone groups is 1. The van der Waals surface area contributed by atoms with Gasteiger partial charge in [-0.15, -0.1) is 11.8 Å². The number of benzene rings is 3. The lowest BCUT2D eigenvalue weighted by molar-refractivity contribution is -0.120. The Labute approximate surface area is 173 Å². The molecule has 0 aliphatic rings. The molecule has 1 atom stereocenters. The van der Waals surface area contributed by atoms with Crippen molar-refractivity contribution < 1.29 is 14.3 Å². The largest absolute Gasteiger partial charge is 0.423 e. The zero-order valence-corrected chi connectivity index (χ0v) is 16.6. The molecule has 146 valence electrons. The van der Waals surface area contributed by atoms with E-state index in [4.69, 9.17) is 4.74 Å². The number of nitrogens with zero attached hydrogens (tertiary/aromatic N) is 1. The molecule has 0 aromatic heterocycles. The van der Waals surface area contributed by atoms with E-state index in [-0.39, 0.29) is 11.2 Å². The minimum absolute atomic E-state index is 0.177. The quantitative estimate of drug-likeness (QED) is 0.206. The van der Waals surface area contributed by atoms with Gasteiger partial charge in [0.1, 0.15) is 5.75 Å². The van der Waals surface area contributed by atoms with Crippen molar-refractivity contribution in [1.29, 1.82) is 0 Å². The first-order chi connectivity index (χ1) is 14.1. The van der Waals surface area contributed by atoms with Crippen LogP contribution in [-0.2, 0) is 4.79 Å². The second-order valence-corrected chi connectivity index (χ2v) is 7.55. The number of amides is 1. The molecule has 0 aliphatic heterocycles. The fourth-order valence-electron chi connectivity index (χ4n) is 2.38. The van der Waals surface area contributed by atoms with E-state index in [1.165, 1.54) is 11.8 Å². The molecule has 0 saturated carbocycles. The number of carbonyl (C=O) groups excluding carboxylic acids is 2. The van der Waals surface area contributed by atoms with Gasteiger partial charge < -0.3 is 4.74 Å². The van der Waals surface area contributed by atoms with E-state index in [1.807, 2.05) is 43.3 Å². The Morgan fingerprint density at radius 2 is 1.55 bits per heavy atom. The molecule has 0 aliphatic carbocycles. The van der Waals surface area contributed by atoms with E-state index in [1.54, 1.807) is 54.7 Å². The van der Waals surface area contributed by atoms with E-state index in [0.717, 1.165) is 10.5 Å². The first-order valence-electron chi connectivity index (χ1n) is 9.04. The fourth-order valence-corrected chi connectivity index (χ4v) is 3.26. The van der Waals surface area contributed by atoms with Gasteiger partial charge in [0.25, 0.3) is 5.91 Å². The molecule has 3 rings (SSSR count). The van der Waals surface area contributed by atoms with Gasteiger partial charge in [-0.1, -0.05) is 36.4 Å². The van der Waals surface area contributed by atoms with Crippen molar-refractivity contribution in [2.75, 3.05) is 0 Å². The first-order valence-corrected chi connectivity index (χ1v) is 9.92. The Hall–Kier alpha value is -3.38. The van der Waals surface area contributed by atoms with Crippen LogP contribution in [0.2, 0.25) is 0 Å². The predicted molar refractivity (Wildman–Crippen MR) is 115 cm³/mol. The minimum atomic E-state index is -0.413. The lowest BCUT2D eigenvalue weighted by atomic mass is 10.2. The zero-order valence-electron chi connectivity index (χ0n) is 15.8. The third kappa shape index (κ3) is 6.33. The van der Waals surface area contributed by atoms with Gasteiger partial charge in [0.05, 0.1) is 17.0 Å². The van der Waals surface area contributed by atoms with Gasteiger partial charge >= 0.3 is 5.97 Å². The predicted octanol–water partition coefficient (Wildman–Crippen LogP) is 4.54. The van der Waals surface area contributed by atoms with Crippen LogP contribution in [0.3, 0.4) is 0 Å².